The van der Waals surface area contributed by atoms with Crippen LogP contribution in [0.2, 0.25) is 0 Å². The quantitative estimate of drug-likeness (QED) is 0.814. The number of carbonyl (C=O) groups excluding carboxylic acids is 1. The molecule has 0 saturated carbocycles. The average Bonchev–Trinajstić information content (AvgIpc) is 3.11. The number of nitrogens with zero attached hydrogens (tertiary/aromatic N) is 1. The molecule has 7 nitrogen and oxygen atoms in total. The Bertz CT molecular complexity index is 985. The van der Waals surface area contributed by atoms with Crippen molar-refractivity contribution in [1.82, 2.24) is 0 Å². The fraction of sp³-hybridized carbons (Fsp3) is 0.278. The summed E-state index contributed by atoms with van der Waals surface area (Å²) in [6.45, 7) is 1.95. The summed E-state index contributed by atoms with van der Waals surface area (Å²) in [5.41, 5.74) is 1.30. The Morgan fingerprint density at radius 2 is 1.77 bits per heavy atom. The van der Waals surface area contributed by atoms with E-state index < -0.39 is 9.84 Å². The van der Waals surface area contributed by atoms with Crippen molar-refractivity contribution in [2.45, 2.75) is 18.4 Å². The van der Waals surface area contributed by atoms with E-state index in [0.717, 1.165) is 5.56 Å². The monoisotopic (exact) mass is 375 g/mol. The molecule has 2 aromatic carbocycles. The molecule has 0 bridgehead atoms. The summed E-state index contributed by atoms with van der Waals surface area (Å²) in [6.07, 6.45) is 0. The molecule has 0 saturated heterocycles. The standard InChI is InChI=1S/C18H17NO6S/c1-2-26(21,22)13-4-6-15-14(8-13)19(18(20)10-23-15)9-12-3-5-16-17(7-12)25-11-24-16/h3-8H,2,9-11H2,1H3. The van der Waals surface area contributed by atoms with Gasteiger partial charge in [0.25, 0.3) is 5.91 Å². The van der Waals surface area contributed by atoms with Crippen molar-refractivity contribution in [3.05, 3.63) is 42.0 Å². The normalized spacial score (nSPS) is 15.6. The number of ether oxygens (including phenoxy) is 3. The molecule has 8 heteroatoms. The predicted octanol–water partition coefficient (Wildman–Crippen LogP) is 2.13. The molecule has 4 rings (SSSR count). The lowest BCUT2D eigenvalue weighted by Crippen LogP contribution is -2.38. The number of amides is 1. The van der Waals surface area contributed by atoms with E-state index in [2.05, 4.69) is 0 Å². The van der Waals surface area contributed by atoms with Crippen LogP contribution in [-0.2, 0) is 21.2 Å². The van der Waals surface area contributed by atoms with Gasteiger partial charge in [-0.15, -0.1) is 0 Å². The van der Waals surface area contributed by atoms with Gasteiger partial charge in [-0.2, -0.15) is 0 Å². The number of fused-ring (bicyclic) bond motifs is 2. The number of rotatable bonds is 4. The van der Waals surface area contributed by atoms with Crippen molar-refractivity contribution in [1.29, 1.82) is 0 Å². The molecule has 1 amide bonds. The Morgan fingerprint density at radius 1 is 1.00 bits per heavy atom. The van der Waals surface area contributed by atoms with E-state index >= 15 is 0 Å². The minimum absolute atomic E-state index is 0.0112. The van der Waals surface area contributed by atoms with E-state index in [1.54, 1.807) is 19.1 Å². The van der Waals surface area contributed by atoms with Crippen molar-refractivity contribution in [3.8, 4) is 17.2 Å². The first-order chi connectivity index (χ1) is 12.5. The van der Waals surface area contributed by atoms with Crippen molar-refractivity contribution in [2.24, 2.45) is 0 Å². The fourth-order valence-electron chi connectivity index (χ4n) is 2.94. The Hall–Kier alpha value is -2.74. The van der Waals surface area contributed by atoms with Gasteiger partial charge in [0.2, 0.25) is 6.79 Å². The second-order valence-electron chi connectivity index (χ2n) is 5.99. The van der Waals surface area contributed by atoms with E-state index in [0.29, 0.717) is 22.9 Å². The maximum Gasteiger partial charge on any atom is 0.265 e. The lowest BCUT2D eigenvalue weighted by molar-refractivity contribution is -0.121. The van der Waals surface area contributed by atoms with Crippen LogP contribution in [0, 0.1) is 0 Å². The molecule has 26 heavy (non-hydrogen) atoms. The van der Waals surface area contributed by atoms with Gasteiger partial charge in [0, 0.05) is 0 Å². The van der Waals surface area contributed by atoms with Gasteiger partial charge >= 0.3 is 0 Å². The lowest BCUT2D eigenvalue weighted by Gasteiger charge is -2.30. The Balaban J connectivity index is 1.71. The van der Waals surface area contributed by atoms with Gasteiger partial charge in [0.05, 0.1) is 22.9 Å². The van der Waals surface area contributed by atoms with Crippen LogP contribution < -0.4 is 19.1 Å². The minimum Gasteiger partial charge on any atom is -0.482 e. The van der Waals surface area contributed by atoms with Gasteiger partial charge in [-0.05, 0) is 35.9 Å². The highest BCUT2D eigenvalue weighted by atomic mass is 32.2. The summed E-state index contributed by atoms with van der Waals surface area (Å²) in [5, 5.41) is 0. The highest BCUT2D eigenvalue weighted by Gasteiger charge is 2.28. The van der Waals surface area contributed by atoms with Crippen LogP contribution in [0.1, 0.15) is 12.5 Å². The number of carbonyl (C=O) groups is 1. The van der Waals surface area contributed by atoms with Gasteiger partial charge in [0.15, 0.2) is 27.9 Å². The third kappa shape index (κ3) is 2.86. The largest absolute Gasteiger partial charge is 0.482 e. The molecule has 0 aliphatic carbocycles. The molecule has 0 spiro atoms. The molecule has 2 heterocycles. The molecule has 2 aromatic rings. The SMILES string of the molecule is CCS(=O)(=O)c1ccc2c(c1)N(Cc1ccc3c(c1)OCO3)C(=O)CO2. The van der Waals surface area contributed by atoms with E-state index in [-0.39, 0.29) is 36.5 Å². The van der Waals surface area contributed by atoms with Crippen LogP contribution in [0.4, 0.5) is 5.69 Å². The van der Waals surface area contributed by atoms with E-state index in [9.17, 15) is 13.2 Å². The summed E-state index contributed by atoms with van der Waals surface area (Å²) >= 11 is 0. The van der Waals surface area contributed by atoms with Crippen molar-refractivity contribution < 1.29 is 27.4 Å². The molecule has 136 valence electrons. The van der Waals surface area contributed by atoms with Gasteiger partial charge in [-0.25, -0.2) is 8.42 Å². The number of anilines is 1. The van der Waals surface area contributed by atoms with Crippen LogP contribution in [0.15, 0.2) is 41.3 Å². The molecule has 0 N–H and O–H groups in total. The third-order valence-electron chi connectivity index (χ3n) is 4.39. The van der Waals surface area contributed by atoms with E-state index in [4.69, 9.17) is 14.2 Å². The van der Waals surface area contributed by atoms with Crippen LogP contribution in [-0.4, -0.2) is 33.5 Å². The molecule has 0 unspecified atom stereocenters. The molecular formula is C18H17NO6S. The molecule has 0 atom stereocenters. The van der Waals surface area contributed by atoms with Crippen LogP contribution in [0.25, 0.3) is 0 Å². The molecule has 0 fully saturated rings. The molecule has 0 aromatic heterocycles. The molecular weight excluding hydrogens is 358 g/mol. The zero-order chi connectivity index (χ0) is 18.3. The zero-order valence-corrected chi connectivity index (χ0v) is 14.9. The zero-order valence-electron chi connectivity index (χ0n) is 14.1. The predicted molar refractivity (Wildman–Crippen MR) is 93.4 cm³/mol. The van der Waals surface area contributed by atoms with Gasteiger partial charge in [-0.3, -0.25) is 4.79 Å². The highest BCUT2D eigenvalue weighted by molar-refractivity contribution is 7.91. The van der Waals surface area contributed by atoms with Crippen molar-refractivity contribution in [3.63, 3.8) is 0 Å². The van der Waals surface area contributed by atoms with E-state index in [1.807, 2.05) is 12.1 Å². The maximum atomic E-state index is 12.4. The Kier molecular flexibility index (Phi) is 3.99. The van der Waals surface area contributed by atoms with Crippen LogP contribution in [0.3, 0.4) is 0 Å². The molecule has 2 aliphatic rings. The smallest absolute Gasteiger partial charge is 0.265 e. The van der Waals surface area contributed by atoms with Gasteiger partial charge in [0.1, 0.15) is 5.75 Å². The first-order valence-corrected chi connectivity index (χ1v) is 9.81. The highest BCUT2D eigenvalue weighted by Crippen LogP contribution is 2.37. The fourth-order valence-corrected chi connectivity index (χ4v) is 3.84. The number of sulfone groups is 1. The van der Waals surface area contributed by atoms with Crippen molar-refractivity contribution in [2.75, 3.05) is 24.1 Å². The van der Waals surface area contributed by atoms with Gasteiger partial charge < -0.3 is 19.1 Å². The lowest BCUT2D eigenvalue weighted by atomic mass is 10.1. The second kappa shape index (κ2) is 6.21. The third-order valence-corrected chi connectivity index (χ3v) is 6.12. The van der Waals surface area contributed by atoms with Crippen LogP contribution >= 0.6 is 0 Å². The minimum atomic E-state index is -3.38. The number of benzene rings is 2. The summed E-state index contributed by atoms with van der Waals surface area (Å²) in [4.78, 5) is 14.1. The average molecular weight is 375 g/mol. The second-order valence-corrected chi connectivity index (χ2v) is 8.27. The molecule has 2 aliphatic heterocycles. The summed E-state index contributed by atoms with van der Waals surface area (Å²) < 4.78 is 40.5. The Labute approximate surface area is 151 Å². The summed E-state index contributed by atoms with van der Waals surface area (Å²) in [7, 11) is -3.38. The number of hydrogen-bond acceptors (Lipinski definition) is 6. The number of hydrogen-bond donors (Lipinski definition) is 0. The van der Waals surface area contributed by atoms with E-state index in [1.165, 1.54) is 17.0 Å². The molecule has 0 radical (unpaired) electrons. The Morgan fingerprint density at radius 3 is 2.58 bits per heavy atom. The van der Waals surface area contributed by atoms with Crippen molar-refractivity contribution >= 4 is 21.4 Å². The maximum absolute atomic E-state index is 12.4. The first-order valence-electron chi connectivity index (χ1n) is 8.16. The summed E-state index contributed by atoms with van der Waals surface area (Å²) in [6, 6.07) is 10.1. The van der Waals surface area contributed by atoms with Crippen LogP contribution in [0.5, 0.6) is 17.2 Å². The topological polar surface area (TPSA) is 82.1 Å². The first kappa shape index (κ1) is 16.7. The summed E-state index contributed by atoms with van der Waals surface area (Å²) in [5.74, 6) is 1.54. The van der Waals surface area contributed by atoms with Gasteiger partial charge in [-0.1, -0.05) is 13.0 Å².